The summed E-state index contributed by atoms with van der Waals surface area (Å²) in [6, 6.07) is 0. The Labute approximate surface area is 48.4 Å². The Kier molecular flexibility index (Phi) is 8.04. The normalized spacial score (nSPS) is 6.17. The summed E-state index contributed by atoms with van der Waals surface area (Å²) < 4.78 is 0. The van der Waals surface area contributed by atoms with Gasteiger partial charge in [0.2, 0.25) is 0 Å². The molecule has 0 aromatic heterocycles. The highest BCUT2D eigenvalue weighted by atomic mass is 35.5. The fourth-order valence-electron chi connectivity index (χ4n) is 0. The minimum absolute atomic E-state index is 0. The maximum absolute atomic E-state index is 6.44. The van der Waals surface area contributed by atoms with Gasteiger partial charge in [0.1, 0.15) is 5.84 Å². The minimum Gasteiger partial charge on any atom is -0.387 e. The van der Waals surface area contributed by atoms with Crippen LogP contribution in [0.4, 0.5) is 0 Å². The van der Waals surface area contributed by atoms with Crippen molar-refractivity contribution in [2.24, 2.45) is 5.73 Å². The summed E-state index contributed by atoms with van der Waals surface area (Å²) >= 11 is 3.67. The Bertz CT molecular complexity index is 46.8. The first-order valence-corrected chi connectivity index (χ1v) is 1.84. The molecule has 0 bridgehead atoms. The summed E-state index contributed by atoms with van der Waals surface area (Å²) in [6.07, 6.45) is 0. The van der Waals surface area contributed by atoms with Crippen LogP contribution >= 0.6 is 25.0 Å². The molecule has 0 heterocycles. The van der Waals surface area contributed by atoms with E-state index < -0.39 is 0 Å². The summed E-state index contributed by atoms with van der Waals surface area (Å²) in [5.74, 6) is 0.480. The van der Waals surface area contributed by atoms with E-state index in [1.165, 1.54) is 0 Å². The highest BCUT2D eigenvalue weighted by Crippen LogP contribution is 1.64. The fourth-order valence-corrected chi connectivity index (χ4v) is 0. The van der Waals surface area contributed by atoms with Crippen molar-refractivity contribution in [2.45, 2.75) is 0 Å². The topological polar surface area (TPSA) is 49.9 Å². The van der Waals surface area contributed by atoms with E-state index in [9.17, 15) is 0 Å². The second kappa shape index (κ2) is 5.11. The molecular formula is C2H7ClN2S. The van der Waals surface area contributed by atoms with Crippen molar-refractivity contribution in [2.75, 3.05) is 5.75 Å². The first-order valence-electron chi connectivity index (χ1n) is 1.21. The molecule has 0 radical (unpaired) electrons. The second-order valence-corrected chi connectivity index (χ2v) is 1.000. The smallest absolute Gasteiger partial charge is 0.100 e. The van der Waals surface area contributed by atoms with E-state index in [0.29, 0.717) is 5.75 Å². The van der Waals surface area contributed by atoms with E-state index in [1.54, 1.807) is 0 Å². The largest absolute Gasteiger partial charge is 0.387 e. The zero-order valence-corrected chi connectivity index (χ0v) is 4.85. The first-order chi connectivity index (χ1) is 2.27. The van der Waals surface area contributed by atoms with Crippen molar-refractivity contribution >= 4 is 30.9 Å². The van der Waals surface area contributed by atoms with Gasteiger partial charge >= 0.3 is 0 Å². The Morgan fingerprint density at radius 3 is 2.00 bits per heavy atom. The second-order valence-electron chi connectivity index (χ2n) is 0.683. The SMILES string of the molecule is Cl.N=C(N)CS. The van der Waals surface area contributed by atoms with E-state index in [4.69, 9.17) is 11.1 Å². The van der Waals surface area contributed by atoms with Crippen molar-refractivity contribution in [3.63, 3.8) is 0 Å². The van der Waals surface area contributed by atoms with Crippen molar-refractivity contribution in [1.29, 1.82) is 5.41 Å². The molecule has 0 amide bonds. The van der Waals surface area contributed by atoms with Gasteiger partial charge in [-0.1, -0.05) is 0 Å². The first kappa shape index (κ1) is 9.44. The number of nitrogens with two attached hydrogens (primary N) is 1. The minimum atomic E-state index is 0. The molecule has 3 N–H and O–H groups in total. The third-order valence-corrected chi connectivity index (χ3v) is 0.511. The highest BCUT2D eigenvalue weighted by molar-refractivity contribution is 7.81. The third-order valence-electron chi connectivity index (χ3n) is 0.170. The summed E-state index contributed by atoms with van der Waals surface area (Å²) in [5, 5.41) is 6.44. The standard InChI is InChI=1S/C2H6N2S.ClH/c3-2(4)1-5;/h5H,1H2,(H3,3,4);1H. The van der Waals surface area contributed by atoms with Crippen LogP contribution in [0.3, 0.4) is 0 Å². The van der Waals surface area contributed by atoms with Gasteiger partial charge in [0.05, 0.1) is 0 Å². The lowest BCUT2D eigenvalue weighted by Crippen LogP contribution is -2.09. The van der Waals surface area contributed by atoms with E-state index >= 15 is 0 Å². The molecule has 2 nitrogen and oxygen atoms in total. The molecule has 0 aliphatic rings. The predicted octanol–water partition coefficient (Wildman–Crippen LogP) is 0.274. The van der Waals surface area contributed by atoms with Crippen LogP contribution < -0.4 is 5.73 Å². The van der Waals surface area contributed by atoms with Gasteiger partial charge in [-0.25, -0.2) is 0 Å². The average Bonchev–Trinajstić information content (AvgIpc) is 1.38. The molecule has 0 aliphatic carbocycles. The number of halogens is 1. The van der Waals surface area contributed by atoms with Crippen LogP contribution in [0.2, 0.25) is 0 Å². The molecule has 0 saturated heterocycles. The summed E-state index contributed by atoms with van der Waals surface area (Å²) in [6.45, 7) is 0. The molecule has 0 unspecified atom stereocenters. The maximum Gasteiger partial charge on any atom is 0.100 e. The molecule has 0 aromatic carbocycles. The lowest BCUT2D eigenvalue weighted by atomic mass is 10.7. The zero-order valence-electron chi connectivity index (χ0n) is 3.14. The monoisotopic (exact) mass is 126 g/mol. The molecule has 0 aliphatic heterocycles. The van der Waals surface area contributed by atoms with Crippen LogP contribution in [0.5, 0.6) is 0 Å². The number of hydrogen-bond donors (Lipinski definition) is 3. The Balaban J connectivity index is 0. The van der Waals surface area contributed by atoms with E-state index in [1.807, 2.05) is 0 Å². The molecule has 0 saturated carbocycles. The average molecular weight is 127 g/mol. The lowest BCUT2D eigenvalue weighted by Gasteiger charge is -1.78. The van der Waals surface area contributed by atoms with Crippen molar-refractivity contribution < 1.29 is 0 Å². The molecular weight excluding hydrogens is 120 g/mol. The van der Waals surface area contributed by atoms with Gasteiger partial charge in [0, 0.05) is 5.75 Å². The Morgan fingerprint density at radius 1 is 1.83 bits per heavy atom. The van der Waals surface area contributed by atoms with Gasteiger partial charge in [-0.15, -0.1) is 12.4 Å². The van der Waals surface area contributed by atoms with E-state index in [2.05, 4.69) is 12.6 Å². The number of rotatable bonds is 1. The van der Waals surface area contributed by atoms with Gasteiger partial charge < -0.3 is 5.73 Å². The van der Waals surface area contributed by atoms with Gasteiger partial charge in [-0.05, 0) is 0 Å². The molecule has 4 heteroatoms. The number of thiol groups is 1. The molecule has 0 fully saturated rings. The maximum atomic E-state index is 6.44. The summed E-state index contributed by atoms with van der Waals surface area (Å²) in [5.41, 5.74) is 4.80. The van der Waals surface area contributed by atoms with Crippen molar-refractivity contribution in [1.82, 2.24) is 0 Å². The van der Waals surface area contributed by atoms with Crippen LogP contribution in [0.15, 0.2) is 0 Å². The van der Waals surface area contributed by atoms with Crippen LogP contribution in [0.1, 0.15) is 0 Å². The van der Waals surface area contributed by atoms with Crippen LogP contribution in [-0.4, -0.2) is 11.6 Å². The van der Waals surface area contributed by atoms with Crippen molar-refractivity contribution in [3.8, 4) is 0 Å². The molecule has 6 heavy (non-hydrogen) atoms. The molecule has 0 rings (SSSR count). The zero-order chi connectivity index (χ0) is 4.28. The number of nitrogens with one attached hydrogen (secondary N) is 1. The van der Waals surface area contributed by atoms with Gasteiger partial charge in [-0.2, -0.15) is 12.6 Å². The number of hydrogen-bond acceptors (Lipinski definition) is 2. The predicted molar refractivity (Wildman–Crippen MR) is 33.0 cm³/mol. The van der Waals surface area contributed by atoms with Crippen LogP contribution in [0, 0.1) is 5.41 Å². The molecule has 38 valence electrons. The van der Waals surface area contributed by atoms with E-state index in [0.717, 1.165) is 0 Å². The Morgan fingerprint density at radius 2 is 2.00 bits per heavy atom. The fraction of sp³-hybridized carbons (Fsp3) is 0.500. The Hall–Kier alpha value is 0.110. The summed E-state index contributed by atoms with van der Waals surface area (Å²) in [4.78, 5) is 0. The molecule has 0 atom stereocenters. The summed E-state index contributed by atoms with van der Waals surface area (Å²) in [7, 11) is 0. The molecule has 0 spiro atoms. The lowest BCUT2D eigenvalue weighted by molar-refractivity contribution is 1.43. The van der Waals surface area contributed by atoms with Crippen LogP contribution in [-0.2, 0) is 0 Å². The number of amidine groups is 1. The molecule has 0 aromatic rings. The third kappa shape index (κ3) is 8.93. The van der Waals surface area contributed by atoms with Gasteiger partial charge in [-0.3, -0.25) is 5.41 Å². The quantitative estimate of drug-likeness (QED) is 0.264. The highest BCUT2D eigenvalue weighted by Gasteiger charge is 1.71. The van der Waals surface area contributed by atoms with Gasteiger partial charge in [0.15, 0.2) is 0 Å². The van der Waals surface area contributed by atoms with Crippen LogP contribution in [0.25, 0.3) is 0 Å². The van der Waals surface area contributed by atoms with Gasteiger partial charge in [0.25, 0.3) is 0 Å². The van der Waals surface area contributed by atoms with E-state index in [-0.39, 0.29) is 18.2 Å². The van der Waals surface area contributed by atoms with Crippen molar-refractivity contribution in [3.05, 3.63) is 0 Å².